The molecule has 0 radical (unpaired) electrons. The van der Waals surface area contributed by atoms with Crippen LogP contribution >= 0.6 is 0 Å². The molecule has 0 aliphatic carbocycles. The number of hydrogen-bond donors (Lipinski definition) is 1. The fourth-order valence-electron chi connectivity index (χ4n) is 3.87. The van der Waals surface area contributed by atoms with Gasteiger partial charge in [0.25, 0.3) is 11.5 Å². The molecule has 1 amide bonds. The lowest BCUT2D eigenvalue weighted by molar-refractivity contribution is 0.0945. The van der Waals surface area contributed by atoms with E-state index in [1.54, 1.807) is 40.0 Å². The van der Waals surface area contributed by atoms with E-state index in [0.717, 1.165) is 11.3 Å². The maximum absolute atomic E-state index is 14.7. The molecular weight excluding hydrogens is 491 g/mol. The highest BCUT2D eigenvalue weighted by atomic mass is 19.1. The standard InChI is InChI=1S/C27H25FN6O4/c1-37-17-23-22(27(36)31-13-21-19(11-29)7-9-24(38-2)26(21)28)16-34(32-23)14-18-6-8-20(30-12-18)15-33-10-4-3-5-25(33)35/h3-10,12,16H,13-15,17H2,1-2H3,(H,31,36). The van der Waals surface area contributed by atoms with E-state index in [4.69, 9.17) is 9.47 Å². The number of pyridine rings is 2. The summed E-state index contributed by atoms with van der Waals surface area (Å²) in [6.07, 6.45) is 4.97. The Morgan fingerprint density at radius 2 is 2.00 bits per heavy atom. The molecule has 0 saturated heterocycles. The van der Waals surface area contributed by atoms with Gasteiger partial charge in [0.15, 0.2) is 11.6 Å². The smallest absolute Gasteiger partial charge is 0.255 e. The van der Waals surface area contributed by atoms with E-state index in [0.29, 0.717) is 18.8 Å². The zero-order chi connectivity index (χ0) is 27.1. The Balaban J connectivity index is 1.48. The molecule has 0 aliphatic rings. The van der Waals surface area contributed by atoms with Gasteiger partial charge < -0.3 is 19.4 Å². The van der Waals surface area contributed by atoms with E-state index in [2.05, 4.69) is 15.4 Å². The third kappa shape index (κ3) is 5.93. The van der Waals surface area contributed by atoms with Crippen LogP contribution in [0.25, 0.3) is 0 Å². The SMILES string of the molecule is COCc1nn(Cc2ccc(Cn3ccccc3=O)nc2)cc1C(=O)NCc1c(C#N)ccc(OC)c1F. The number of rotatable bonds is 10. The van der Waals surface area contributed by atoms with Crippen LogP contribution in [0.3, 0.4) is 0 Å². The fraction of sp³-hybridized carbons (Fsp3) is 0.222. The van der Waals surface area contributed by atoms with Crippen molar-refractivity contribution >= 4 is 5.91 Å². The molecule has 3 heterocycles. The Morgan fingerprint density at radius 3 is 2.68 bits per heavy atom. The first-order valence-electron chi connectivity index (χ1n) is 11.6. The average Bonchev–Trinajstić information content (AvgIpc) is 3.32. The number of nitrogens with zero attached hydrogens (tertiary/aromatic N) is 5. The van der Waals surface area contributed by atoms with Crippen LogP contribution in [0.1, 0.15) is 38.4 Å². The molecule has 10 nitrogen and oxygen atoms in total. The van der Waals surface area contributed by atoms with E-state index in [9.17, 15) is 19.2 Å². The molecule has 0 atom stereocenters. The topological polar surface area (TPSA) is 124 Å². The summed E-state index contributed by atoms with van der Waals surface area (Å²) in [5.74, 6) is -1.21. The number of nitriles is 1. The molecule has 1 aromatic carbocycles. The minimum Gasteiger partial charge on any atom is -0.494 e. The summed E-state index contributed by atoms with van der Waals surface area (Å²) in [7, 11) is 2.82. The normalized spacial score (nSPS) is 10.7. The van der Waals surface area contributed by atoms with Crippen LogP contribution in [0.4, 0.5) is 4.39 Å². The van der Waals surface area contributed by atoms with Crippen molar-refractivity contribution < 1.29 is 18.7 Å². The third-order valence-corrected chi connectivity index (χ3v) is 5.80. The van der Waals surface area contributed by atoms with E-state index < -0.39 is 11.7 Å². The molecule has 0 fully saturated rings. The van der Waals surface area contributed by atoms with Gasteiger partial charge in [0.2, 0.25) is 0 Å². The molecular formula is C27H25FN6O4. The zero-order valence-electron chi connectivity index (χ0n) is 20.8. The number of ether oxygens (including phenoxy) is 2. The quantitative estimate of drug-likeness (QED) is 0.344. The van der Waals surface area contributed by atoms with Gasteiger partial charge in [-0.2, -0.15) is 10.4 Å². The molecule has 11 heteroatoms. The monoisotopic (exact) mass is 516 g/mol. The lowest BCUT2D eigenvalue weighted by atomic mass is 10.1. The fourth-order valence-corrected chi connectivity index (χ4v) is 3.87. The molecule has 194 valence electrons. The predicted octanol–water partition coefficient (Wildman–Crippen LogP) is 2.63. The van der Waals surface area contributed by atoms with Crippen molar-refractivity contribution in [2.45, 2.75) is 26.2 Å². The first kappa shape index (κ1) is 26.2. The number of nitrogens with one attached hydrogen (secondary N) is 1. The molecule has 4 aromatic rings. The summed E-state index contributed by atoms with van der Waals surface area (Å²) < 4.78 is 28.0. The maximum atomic E-state index is 14.7. The molecule has 0 unspecified atom stereocenters. The Labute approximate surface area is 217 Å². The summed E-state index contributed by atoms with van der Waals surface area (Å²) in [4.78, 5) is 29.4. The minimum absolute atomic E-state index is 0.0170. The van der Waals surface area contributed by atoms with Gasteiger partial charge in [-0.15, -0.1) is 0 Å². The van der Waals surface area contributed by atoms with Crippen molar-refractivity contribution in [1.29, 1.82) is 5.26 Å². The third-order valence-electron chi connectivity index (χ3n) is 5.80. The number of halogens is 1. The molecule has 0 saturated carbocycles. The van der Waals surface area contributed by atoms with Crippen LogP contribution in [0, 0.1) is 17.1 Å². The molecule has 38 heavy (non-hydrogen) atoms. The van der Waals surface area contributed by atoms with Gasteiger partial charge in [-0.1, -0.05) is 12.1 Å². The second-order valence-corrected chi connectivity index (χ2v) is 8.35. The minimum atomic E-state index is -0.701. The van der Waals surface area contributed by atoms with Crippen LogP contribution in [-0.4, -0.2) is 39.5 Å². The lowest BCUT2D eigenvalue weighted by Crippen LogP contribution is -2.24. The van der Waals surface area contributed by atoms with Crippen molar-refractivity contribution in [1.82, 2.24) is 24.6 Å². The van der Waals surface area contributed by atoms with Crippen LogP contribution in [0.15, 0.2) is 65.8 Å². The summed E-state index contributed by atoms with van der Waals surface area (Å²) in [5, 5.41) is 16.5. The van der Waals surface area contributed by atoms with Gasteiger partial charge in [-0.05, 0) is 29.8 Å². The molecule has 3 aromatic heterocycles. The molecule has 1 N–H and O–H groups in total. The Bertz CT molecular complexity index is 1540. The Kier molecular flexibility index (Phi) is 8.25. The van der Waals surface area contributed by atoms with Crippen LogP contribution in [0.5, 0.6) is 5.75 Å². The summed E-state index contributed by atoms with van der Waals surface area (Å²) in [5.41, 5.74) is 2.26. The number of aromatic nitrogens is 4. The number of carbonyl (C=O) groups excluding carboxylic acids is 1. The van der Waals surface area contributed by atoms with Gasteiger partial charge in [0.1, 0.15) is 5.69 Å². The molecule has 0 spiro atoms. The number of benzene rings is 1. The number of amides is 1. The molecule has 4 rings (SSSR count). The van der Waals surface area contributed by atoms with Crippen molar-refractivity contribution in [2.75, 3.05) is 14.2 Å². The average molecular weight is 517 g/mol. The highest BCUT2D eigenvalue weighted by molar-refractivity contribution is 5.95. The van der Waals surface area contributed by atoms with Crippen molar-refractivity contribution in [3.8, 4) is 11.8 Å². The summed E-state index contributed by atoms with van der Waals surface area (Å²) >= 11 is 0. The van der Waals surface area contributed by atoms with Crippen LogP contribution < -0.4 is 15.6 Å². The van der Waals surface area contributed by atoms with Crippen molar-refractivity contribution in [3.63, 3.8) is 0 Å². The van der Waals surface area contributed by atoms with Gasteiger partial charge in [-0.25, -0.2) is 4.39 Å². The molecule has 0 aliphatic heterocycles. The van der Waals surface area contributed by atoms with Gasteiger partial charge >= 0.3 is 0 Å². The second-order valence-electron chi connectivity index (χ2n) is 8.35. The largest absolute Gasteiger partial charge is 0.494 e. The number of methoxy groups -OCH3 is 2. The first-order valence-corrected chi connectivity index (χ1v) is 11.6. The summed E-state index contributed by atoms with van der Waals surface area (Å²) in [6.45, 7) is 0.574. The maximum Gasteiger partial charge on any atom is 0.255 e. The Morgan fingerprint density at radius 1 is 1.16 bits per heavy atom. The van der Waals surface area contributed by atoms with Gasteiger partial charge in [0.05, 0.1) is 49.7 Å². The van der Waals surface area contributed by atoms with E-state index in [1.165, 1.54) is 32.4 Å². The number of carbonyl (C=O) groups is 1. The van der Waals surface area contributed by atoms with Gasteiger partial charge in [0, 0.05) is 43.9 Å². The highest BCUT2D eigenvalue weighted by Crippen LogP contribution is 2.23. The molecule has 0 bridgehead atoms. The second kappa shape index (κ2) is 11.9. The Hall–Kier alpha value is -4.82. The number of hydrogen-bond acceptors (Lipinski definition) is 7. The van der Waals surface area contributed by atoms with E-state index in [-0.39, 0.29) is 41.2 Å². The van der Waals surface area contributed by atoms with E-state index >= 15 is 0 Å². The van der Waals surface area contributed by atoms with Gasteiger partial charge in [-0.3, -0.25) is 19.3 Å². The summed E-state index contributed by atoms with van der Waals surface area (Å²) in [6, 6.07) is 13.4. The van der Waals surface area contributed by atoms with Crippen molar-refractivity contribution in [3.05, 3.63) is 111 Å². The first-order chi connectivity index (χ1) is 18.4. The lowest BCUT2D eigenvalue weighted by Gasteiger charge is -2.10. The van der Waals surface area contributed by atoms with E-state index in [1.807, 2.05) is 18.2 Å². The highest BCUT2D eigenvalue weighted by Gasteiger charge is 2.19. The van der Waals surface area contributed by atoms with Crippen LogP contribution in [-0.2, 0) is 31.0 Å². The predicted molar refractivity (Wildman–Crippen MR) is 135 cm³/mol. The zero-order valence-corrected chi connectivity index (χ0v) is 20.8. The van der Waals surface area contributed by atoms with Crippen LogP contribution in [0.2, 0.25) is 0 Å². The van der Waals surface area contributed by atoms with Crippen molar-refractivity contribution in [2.24, 2.45) is 0 Å².